The first kappa shape index (κ1) is 16.2. The minimum atomic E-state index is 0.158. The van der Waals surface area contributed by atoms with Crippen LogP contribution in [0.3, 0.4) is 0 Å². The second-order valence-corrected chi connectivity index (χ2v) is 6.62. The summed E-state index contributed by atoms with van der Waals surface area (Å²) >= 11 is 0. The smallest absolute Gasteiger partial charge is 0.161 e. The topological polar surface area (TPSA) is 30.5 Å². The van der Waals surface area contributed by atoms with Crippen LogP contribution in [-0.4, -0.2) is 25.8 Å². The molecule has 1 heterocycles. The zero-order valence-corrected chi connectivity index (χ0v) is 13.8. The van der Waals surface area contributed by atoms with Crippen molar-refractivity contribution in [2.45, 2.75) is 52.6 Å². The Balaban J connectivity index is 2.16. The minimum absolute atomic E-state index is 0.158. The first-order valence-electron chi connectivity index (χ1n) is 8.20. The summed E-state index contributed by atoms with van der Waals surface area (Å²) in [4.78, 5) is 0. The standard InChI is InChI=1S/C18H29NO2/c1-13(2)12-20-17-8-7-15(10-18(17)21-14(3)4)16-6-5-9-19-11-16/h7-8,10,13-14,16,19H,5-6,9,11-12H2,1-4H3. The van der Waals surface area contributed by atoms with Crippen LogP contribution in [-0.2, 0) is 0 Å². The van der Waals surface area contributed by atoms with Gasteiger partial charge in [-0.15, -0.1) is 0 Å². The van der Waals surface area contributed by atoms with E-state index in [0.717, 1.165) is 31.2 Å². The van der Waals surface area contributed by atoms with Crippen LogP contribution < -0.4 is 14.8 Å². The van der Waals surface area contributed by atoms with Crippen LogP contribution in [0.1, 0.15) is 52.0 Å². The van der Waals surface area contributed by atoms with Crippen molar-refractivity contribution in [2.75, 3.05) is 19.7 Å². The van der Waals surface area contributed by atoms with Gasteiger partial charge in [0.1, 0.15) is 0 Å². The highest BCUT2D eigenvalue weighted by Crippen LogP contribution is 2.34. The molecular formula is C18H29NO2. The molecule has 1 aliphatic rings. The lowest BCUT2D eigenvalue weighted by molar-refractivity contribution is 0.211. The van der Waals surface area contributed by atoms with Gasteiger partial charge >= 0.3 is 0 Å². The largest absolute Gasteiger partial charge is 0.489 e. The molecule has 1 fully saturated rings. The molecule has 3 nitrogen and oxygen atoms in total. The number of benzene rings is 1. The number of nitrogens with one attached hydrogen (secondary N) is 1. The Labute approximate surface area is 129 Å². The maximum Gasteiger partial charge on any atom is 0.161 e. The molecule has 1 saturated heterocycles. The molecule has 1 atom stereocenters. The van der Waals surface area contributed by atoms with Gasteiger partial charge < -0.3 is 14.8 Å². The van der Waals surface area contributed by atoms with Gasteiger partial charge in [-0.1, -0.05) is 19.9 Å². The van der Waals surface area contributed by atoms with Crippen molar-refractivity contribution in [3.63, 3.8) is 0 Å². The van der Waals surface area contributed by atoms with E-state index in [4.69, 9.17) is 9.47 Å². The molecule has 1 aromatic carbocycles. The molecule has 1 aliphatic heterocycles. The Morgan fingerprint density at radius 1 is 1.19 bits per heavy atom. The molecule has 21 heavy (non-hydrogen) atoms. The fourth-order valence-corrected chi connectivity index (χ4v) is 2.64. The predicted molar refractivity (Wildman–Crippen MR) is 87.4 cm³/mol. The van der Waals surface area contributed by atoms with E-state index >= 15 is 0 Å². The zero-order valence-electron chi connectivity index (χ0n) is 13.8. The molecule has 0 aliphatic carbocycles. The third kappa shape index (κ3) is 4.92. The second kappa shape index (κ2) is 7.69. The van der Waals surface area contributed by atoms with E-state index in [0.29, 0.717) is 11.8 Å². The minimum Gasteiger partial charge on any atom is -0.489 e. The maximum atomic E-state index is 5.96. The molecule has 0 bridgehead atoms. The first-order chi connectivity index (χ1) is 10.1. The van der Waals surface area contributed by atoms with Crippen LogP contribution in [0.2, 0.25) is 0 Å². The highest BCUT2D eigenvalue weighted by Gasteiger charge is 2.18. The van der Waals surface area contributed by atoms with Crippen LogP contribution in [0.5, 0.6) is 11.5 Å². The van der Waals surface area contributed by atoms with E-state index in [-0.39, 0.29) is 6.10 Å². The van der Waals surface area contributed by atoms with Gasteiger partial charge in [-0.25, -0.2) is 0 Å². The van der Waals surface area contributed by atoms with E-state index in [9.17, 15) is 0 Å². The van der Waals surface area contributed by atoms with Crippen molar-refractivity contribution in [3.8, 4) is 11.5 Å². The number of ether oxygens (including phenoxy) is 2. The van der Waals surface area contributed by atoms with Crippen LogP contribution in [0.15, 0.2) is 18.2 Å². The summed E-state index contributed by atoms with van der Waals surface area (Å²) in [6.45, 7) is 11.4. The molecule has 2 rings (SSSR count). The van der Waals surface area contributed by atoms with E-state index in [2.05, 4.69) is 51.2 Å². The average Bonchev–Trinajstić information content (AvgIpc) is 2.46. The van der Waals surface area contributed by atoms with Gasteiger partial charge in [0.25, 0.3) is 0 Å². The first-order valence-corrected chi connectivity index (χ1v) is 8.20. The SMILES string of the molecule is CC(C)COc1ccc(C2CCCNC2)cc1OC(C)C. The fraction of sp³-hybridized carbons (Fsp3) is 0.667. The molecule has 0 saturated carbocycles. The van der Waals surface area contributed by atoms with E-state index in [1.165, 1.54) is 18.4 Å². The lowest BCUT2D eigenvalue weighted by atomic mass is 9.91. The molecule has 0 radical (unpaired) electrons. The maximum absolute atomic E-state index is 5.96. The summed E-state index contributed by atoms with van der Waals surface area (Å²) in [6, 6.07) is 6.44. The molecular weight excluding hydrogens is 262 g/mol. The molecule has 1 N–H and O–H groups in total. The Morgan fingerprint density at radius 3 is 2.62 bits per heavy atom. The third-order valence-corrected chi connectivity index (χ3v) is 3.67. The average molecular weight is 291 g/mol. The second-order valence-electron chi connectivity index (χ2n) is 6.62. The van der Waals surface area contributed by atoms with Crippen molar-refractivity contribution in [1.29, 1.82) is 0 Å². The summed E-state index contributed by atoms with van der Waals surface area (Å²) < 4.78 is 11.9. The van der Waals surface area contributed by atoms with Crippen molar-refractivity contribution in [1.82, 2.24) is 5.32 Å². The molecule has 0 amide bonds. The van der Waals surface area contributed by atoms with Crippen molar-refractivity contribution >= 4 is 0 Å². The van der Waals surface area contributed by atoms with E-state index in [1.54, 1.807) is 0 Å². The van der Waals surface area contributed by atoms with Gasteiger partial charge in [0.2, 0.25) is 0 Å². The van der Waals surface area contributed by atoms with Gasteiger partial charge in [0, 0.05) is 6.54 Å². The lowest BCUT2D eigenvalue weighted by Gasteiger charge is -2.24. The summed E-state index contributed by atoms with van der Waals surface area (Å²) in [5.74, 6) is 2.85. The van der Waals surface area contributed by atoms with Gasteiger partial charge in [-0.3, -0.25) is 0 Å². The van der Waals surface area contributed by atoms with Gasteiger partial charge in [-0.2, -0.15) is 0 Å². The van der Waals surface area contributed by atoms with Crippen molar-refractivity contribution < 1.29 is 9.47 Å². The number of piperidine rings is 1. The van der Waals surface area contributed by atoms with Crippen LogP contribution >= 0.6 is 0 Å². The molecule has 0 aromatic heterocycles. The Hall–Kier alpha value is -1.22. The number of hydrogen-bond acceptors (Lipinski definition) is 3. The van der Waals surface area contributed by atoms with Crippen LogP contribution in [0.25, 0.3) is 0 Å². The Kier molecular flexibility index (Phi) is 5.92. The van der Waals surface area contributed by atoms with Crippen molar-refractivity contribution in [2.24, 2.45) is 5.92 Å². The Bertz CT molecular complexity index is 437. The third-order valence-electron chi connectivity index (χ3n) is 3.67. The quantitative estimate of drug-likeness (QED) is 0.860. The molecule has 118 valence electrons. The zero-order chi connectivity index (χ0) is 15.2. The molecule has 0 spiro atoms. The van der Waals surface area contributed by atoms with Crippen molar-refractivity contribution in [3.05, 3.63) is 23.8 Å². The van der Waals surface area contributed by atoms with Crippen LogP contribution in [0, 0.1) is 5.92 Å². The summed E-state index contributed by atoms with van der Waals surface area (Å²) in [5, 5.41) is 3.48. The molecule has 1 unspecified atom stereocenters. The lowest BCUT2D eigenvalue weighted by Crippen LogP contribution is -2.28. The van der Waals surface area contributed by atoms with E-state index in [1.807, 2.05) is 0 Å². The summed E-state index contributed by atoms with van der Waals surface area (Å²) in [6.07, 6.45) is 2.66. The van der Waals surface area contributed by atoms with Gasteiger partial charge in [-0.05, 0) is 62.8 Å². The van der Waals surface area contributed by atoms with Gasteiger partial charge in [0.15, 0.2) is 11.5 Å². The normalized spacial score (nSPS) is 19.0. The molecule has 1 aromatic rings. The number of rotatable bonds is 6. The highest BCUT2D eigenvalue weighted by molar-refractivity contribution is 5.44. The van der Waals surface area contributed by atoms with E-state index < -0.39 is 0 Å². The van der Waals surface area contributed by atoms with Crippen LogP contribution in [0.4, 0.5) is 0 Å². The predicted octanol–water partition coefficient (Wildman–Crippen LogP) is 3.98. The molecule has 3 heteroatoms. The fourth-order valence-electron chi connectivity index (χ4n) is 2.64. The Morgan fingerprint density at radius 2 is 2.00 bits per heavy atom. The summed E-state index contributed by atoms with van der Waals surface area (Å²) in [5.41, 5.74) is 1.36. The van der Waals surface area contributed by atoms with Gasteiger partial charge in [0.05, 0.1) is 12.7 Å². The highest BCUT2D eigenvalue weighted by atomic mass is 16.5. The number of hydrogen-bond donors (Lipinski definition) is 1. The monoisotopic (exact) mass is 291 g/mol. The summed E-state index contributed by atoms with van der Waals surface area (Å²) in [7, 11) is 0.